The first kappa shape index (κ1) is 82.3. The third kappa shape index (κ3) is 11.9. The predicted octanol–water partition coefficient (Wildman–Crippen LogP) is 20.4. The molecule has 0 aliphatic carbocycles. The molecule has 19 nitrogen and oxygen atoms in total. The SMILES string of the molecule is C1=[N+]2CCCCCC[N+]3=Cc4ccc(-c5cc6ccccc6c6ccccc56)n4C23n2cc3ccccc3c21.Cc1ccc2n1C13[N+](=C2)CCCCCC[N+]1=Cc1ccc(C)p13.Cc1ccc2p1C13[N+](=C2)CCCCCC[N+]1=Cc1ccc(C)p13.Cc1cnc2p1C13[N+](=C2)CCCCCC[N+]1=Cc1ncc(C)p13.Cc1ncc2n1C13n4c(cnc4C)C=[N+]1CCCCCC[N+]3=C2. The highest BCUT2D eigenvalue weighted by Gasteiger charge is 2.71. The van der Waals surface area contributed by atoms with E-state index in [1.54, 1.807) is 31.8 Å². The van der Waals surface area contributed by atoms with E-state index in [4.69, 9.17) is 9.97 Å². The van der Waals surface area contributed by atoms with Crippen LogP contribution in [0.1, 0.15) is 227 Å². The minimum absolute atomic E-state index is 0.00843. The van der Waals surface area contributed by atoms with Gasteiger partial charge in [0.25, 0.3) is 0 Å². The molecular weight excluding hydrogens is 1710 g/mol. The minimum Gasteiger partial charge on any atom is -0.245 e. The summed E-state index contributed by atoms with van der Waals surface area (Å²) in [4.78, 5) is 18.7. The number of fused-ring (bicyclic) bond motifs is 15. The average molecular weight is 1830 g/mol. The zero-order chi connectivity index (χ0) is 88.0. The number of rotatable bonds is 1. The van der Waals surface area contributed by atoms with Gasteiger partial charge in [-0.3, -0.25) is 0 Å². The summed E-state index contributed by atoms with van der Waals surface area (Å²) in [5, 5.41) is 20.7. The van der Waals surface area contributed by atoms with Gasteiger partial charge in [-0.15, -0.1) is 27.5 Å². The molecule has 0 radical (unpaired) electrons. The molecular formula is C107H122N19P5+10. The number of nitrogens with zero attached hydrogens (tertiary/aromatic N) is 19. The highest BCUT2D eigenvalue weighted by Crippen LogP contribution is 2.73. The second kappa shape index (κ2) is 31.8. The van der Waals surface area contributed by atoms with E-state index < -0.39 is 5.91 Å². The molecule has 25 heterocycles. The van der Waals surface area contributed by atoms with Crippen LogP contribution < -0.4 is 0 Å². The molecule has 0 amide bonds. The Labute approximate surface area is 773 Å². The number of benzene rings is 4. The molecule has 15 aliphatic rings. The summed E-state index contributed by atoms with van der Waals surface area (Å²) in [5.41, 5.74) is 12.9. The summed E-state index contributed by atoms with van der Waals surface area (Å²) >= 11 is 0. The van der Waals surface area contributed by atoms with Crippen molar-refractivity contribution in [3.63, 3.8) is 0 Å². The fraction of sp³-hybridized carbons (Fsp3) is 0.402. The first-order valence-electron chi connectivity index (χ1n) is 49.1. The van der Waals surface area contributed by atoms with Gasteiger partial charge in [-0.05, 0) is 206 Å². The highest BCUT2D eigenvalue weighted by molar-refractivity contribution is 7.71. The molecule has 10 aromatic heterocycles. The fourth-order valence-electron chi connectivity index (χ4n) is 26.0. The zero-order valence-electron chi connectivity index (χ0n) is 77.4. The quantitative estimate of drug-likeness (QED) is 0.121. The summed E-state index contributed by atoms with van der Waals surface area (Å²) in [6.45, 7) is 29.5. The van der Waals surface area contributed by atoms with Gasteiger partial charge in [-0.25, -0.2) is 24.5 Å². The maximum absolute atomic E-state index is 4.78. The van der Waals surface area contributed by atoms with Crippen LogP contribution in [0.4, 0.5) is 0 Å². The second-order valence-corrected chi connectivity index (χ2v) is 52.3. The Bertz CT molecular complexity index is 6610. The van der Waals surface area contributed by atoms with Crippen LogP contribution in [-0.4, -0.2) is 216 Å². The Morgan fingerprint density at radius 3 is 1.22 bits per heavy atom. The van der Waals surface area contributed by atoms with E-state index >= 15 is 0 Å². The first-order chi connectivity index (χ1) is 64.2. The summed E-state index contributed by atoms with van der Waals surface area (Å²) in [5.74, 6) is 1.28. The van der Waals surface area contributed by atoms with Gasteiger partial charge in [0, 0.05) is 115 Å². The Hall–Kier alpha value is -10.6. The Kier molecular flexibility index (Phi) is 20.0. The lowest BCUT2D eigenvalue weighted by Gasteiger charge is -2.25. The van der Waals surface area contributed by atoms with Crippen LogP contribution in [0.25, 0.3) is 43.6 Å². The average Bonchev–Trinajstić information content (AvgIpc) is 1.48. The van der Waals surface area contributed by atoms with Crippen molar-refractivity contribution in [2.45, 2.75) is 211 Å². The normalized spacial score (nSPS) is 23.8. The van der Waals surface area contributed by atoms with E-state index in [1.165, 1.54) is 254 Å². The fourth-order valence-corrected chi connectivity index (χ4v) is 44.7. The lowest BCUT2D eigenvalue weighted by Crippen LogP contribution is -2.55. The van der Waals surface area contributed by atoms with E-state index in [-0.39, 0.29) is 59.4 Å². The van der Waals surface area contributed by atoms with Crippen LogP contribution in [0.5, 0.6) is 0 Å². The molecule has 5 fully saturated rings. The van der Waals surface area contributed by atoms with E-state index in [2.05, 4.69) is 354 Å². The van der Waals surface area contributed by atoms with Crippen molar-refractivity contribution in [2.75, 3.05) is 65.4 Å². The van der Waals surface area contributed by atoms with Crippen molar-refractivity contribution in [2.24, 2.45) is 0 Å². The maximum Gasteiger partial charge on any atom is 0.544 e. The predicted molar refractivity (Wildman–Crippen MR) is 537 cm³/mol. The van der Waals surface area contributed by atoms with Gasteiger partial charge in [-0.1, -0.05) is 91.0 Å². The molecule has 660 valence electrons. The van der Waals surface area contributed by atoms with Gasteiger partial charge in [0.1, 0.15) is 40.1 Å². The first-order valence-corrected chi connectivity index (χ1v) is 55.8. The van der Waals surface area contributed by atoms with Crippen molar-refractivity contribution in [3.05, 3.63) is 270 Å². The van der Waals surface area contributed by atoms with E-state index in [1.807, 2.05) is 12.4 Å². The number of aromatic nitrogens is 9. The topological polar surface area (TPSA) is 106 Å². The zero-order valence-corrected chi connectivity index (χ0v) is 81.9. The summed E-state index contributed by atoms with van der Waals surface area (Å²) in [6.07, 6.45) is 60.9. The van der Waals surface area contributed by atoms with Crippen LogP contribution in [0.2, 0.25) is 0 Å². The van der Waals surface area contributed by atoms with Crippen LogP contribution in [0.15, 0.2) is 171 Å². The molecule has 0 bridgehead atoms. The van der Waals surface area contributed by atoms with Crippen LogP contribution in [-0.2, 0) is 27.6 Å². The number of hydrogen-bond donors (Lipinski definition) is 0. The molecule has 5 spiro atoms. The monoisotopic (exact) mass is 1830 g/mol. The maximum atomic E-state index is 4.78. The Morgan fingerprint density at radius 2 is 0.679 bits per heavy atom. The van der Waals surface area contributed by atoms with Crippen LogP contribution in [0.3, 0.4) is 0 Å². The van der Waals surface area contributed by atoms with Crippen molar-refractivity contribution in [1.82, 2.24) is 42.8 Å². The van der Waals surface area contributed by atoms with Crippen molar-refractivity contribution < 1.29 is 45.8 Å². The molecule has 7 unspecified atom stereocenters. The molecule has 0 N–H and O–H groups in total. The lowest BCUT2D eigenvalue weighted by molar-refractivity contribution is -0.858. The molecule has 24 heteroatoms. The van der Waals surface area contributed by atoms with E-state index in [0.29, 0.717) is 0 Å². The van der Waals surface area contributed by atoms with E-state index in [9.17, 15) is 0 Å². The summed E-state index contributed by atoms with van der Waals surface area (Å²) in [6, 6.07) is 52.5. The summed E-state index contributed by atoms with van der Waals surface area (Å²) < 4.78 is 39.0. The molecule has 7 atom stereocenters. The van der Waals surface area contributed by atoms with E-state index in [0.717, 1.165) is 50.9 Å². The molecule has 29 rings (SSSR count). The van der Waals surface area contributed by atoms with Crippen molar-refractivity contribution in [3.8, 4) is 11.3 Å². The van der Waals surface area contributed by atoms with Crippen LogP contribution in [0, 0.1) is 55.4 Å². The Balaban J connectivity index is 0.0000000901. The minimum atomic E-state index is -0.459. The van der Waals surface area contributed by atoms with Crippen LogP contribution >= 0.6 is 37.7 Å². The number of aryl methyl sites for hydroxylation is 8. The second-order valence-electron chi connectivity index (χ2n) is 39.2. The van der Waals surface area contributed by atoms with Gasteiger partial charge in [0.2, 0.25) is 12.4 Å². The van der Waals surface area contributed by atoms with Gasteiger partial charge in [-0.2, -0.15) is 36.6 Å². The van der Waals surface area contributed by atoms with Gasteiger partial charge in [0.05, 0.1) is 71.6 Å². The molecule has 14 aromatic rings. The van der Waals surface area contributed by atoms with Gasteiger partial charge < -0.3 is 0 Å². The van der Waals surface area contributed by atoms with Gasteiger partial charge in [0.15, 0.2) is 126 Å². The molecule has 4 aromatic carbocycles. The highest BCUT2D eigenvalue weighted by atomic mass is 31.2. The Morgan fingerprint density at radius 1 is 0.282 bits per heavy atom. The lowest BCUT2D eigenvalue weighted by atomic mass is 9.95. The molecule has 15 aliphatic heterocycles. The number of imidazole rings is 2. The third-order valence-corrected chi connectivity index (χ3v) is 47.6. The van der Waals surface area contributed by atoms with Crippen molar-refractivity contribution >= 4 is 132 Å². The van der Waals surface area contributed by atoms with Gasteiger partial charge >= 0.3 is 27.6 Å². The smallest absolute Gasteiger partial charge is 0.245 e. The summed E-state index contributed by atoms with van der Waals surface area (Å²) in [7, 11) is -1.59. The number of hydrogen-bond acceptors (Lipinski definition) is 4. The largest absolute Gasteiger partial charge is 0.544 e. The molecule has 0 saturated carbocycles. The third-order valence-electron chi connectivity index (χ3n) is 31.5. The molecule has 5 saturated heterocycles. The standard InChI is InChI=1S/C35H30N4.C19H24N3P.C19H24N2P2.C17H22N6.C17H22N4P2/c1-2-10-20-37-24-34-29-14-6-4-12-26(29)22-38(34)35(37)36(19-9-1)23-27-17-18-33(39(27)35)32-21-25-11-3-5-13-28(25)30-15-7-8-16-31(30)32;2*1-15-7-9-17-13-20-11-5-3-4-6-12-21-14-18-10-8-16(2)23(18)19(20,21)22(15)17;1-13-18-9-15-11-20-7-5-3-4-6-8-21-12-16-10-19-14(2)23(16)17(20,21)22(13)15;1-13-9-18-15-11-20-7-5-3-4-6-8-21-12-16-19-10-14(2)23(16)17(20,21)22(13)15/h3-8,11-18,21-24H,1-2,9-10,19-20H2;2*7-10,13-14H,3-6,11-12H2,1-2H3;2*9-12H,3-8H2,1-2H3/q5*+2. The molecule has 131 heavy (non-hydrogen) atoms. The van der Waals surface area contributed by atoms with Crippen molar-refractivity contribution in [1.29, 1.82) is 0 Å².